The highest BCUT2D eigenvalue weighted by atomic mass is 31.2. The van der Waals surface area contributed by atoms with E-state index in [0.29, 0.717) is 37.5 Å². The van der Waals surface area contributed by atoms with Crippen LogP contribution in [-0.2, 0) is 65.4 Å². The Morgan fingerprint density at radius 2 is 0.548 bits per heavy atom. The molecule has 0 spiro atoms. The highest BCUT2D eigenvalue weighted by Gasteiger charge is 2.30. The van der Waals surface area contributed by atoms with Crippen LogP contribution in [0.2, 0.25) is 0 Å². The van der Waals surface area contributed by atoms with Crippen molar-refractivity contribution in [1.82, 2.24) is 0 Å². The molecular formula is C74H144O17P2. The number of esters is 4. The number of ether oxygens (including phenoxy) is 4. The third kappa shape index (κ3) is 67.0. The minimum atomic E-state index is -4.96. The minimum absolute atomic E-state index is 0.103. The second-order valence-corrected chi connectivity index (χ2v) is 30.8. The number of phosphoric acid groups is 2. The van der Waals surface area contributed by atoms with Gasteiger partial charge in [-0.15, -0.1) is 0 Å². The van der Waals surface area contributed by atoms with Crippen LogP contribution < -0.4 is 0 Å². The molecule has 3 N–H and O–H groups in total. The van der Waals surface area contributed by atoms with Gasteiger partial charge >= 0.3 is 39.5 Å². The summed E-state index contributed by atoms with van der Waals surface area (Å²) in [7, 11) is -9.91. The van der Waals surface area contributed by atoms with Crippen molar-refractivity contribution in [2.75, 3.05) is 39.6 Å². The summed E-state index contributed by atoms with van der Waals surface area (Å²) >= 11 is 0. The Kier molecular flexibility index (Phi) is 63.4. The van der Waals surface area contributed by atoms with E-state index in [1.807, 2.05) is 0 Å². The third-order valence-corrected chi connectivity index (χ3v) is 19.4. The molecule has 0 aliphatic carbocycles. The van der Waals surface area contributed by atoms with Crippen LogP contribution in [0.1, 0.15) is 376 Å². The van der Waals surface area contributed by atoms with Gasteiger partial charge in [0, 0.05) is 25.7 Å². The molecule has 0 aromatic carbocycles. The van der Waals surface area contributed by atoms with Crippen molar-refractivity contribution < 1.29 is 80.2 Å². The summed E-state index contributed by atoms with van der Waals surface area (Å²) in [6.45, 7) is 11.8. The maximum atomic E-state index is 13.1. The van der Waals surface area contributed by atoms with Crippen LogP contribution in [0.25, 0.3) is 0 Å². The SMILES string of the molecule is CCCCCCCCCCCCCCCCCCCCCC(=O)O[C@H](COC(=O)CCCCCCCCCCCCC(C)CC)COP(=O)(O)OC[C@@H](O)COP(=O)(O)OC[C@@H](COC(=O)CCCCCCCCCC(C)C)OC(=O)CCCCCCCCCC(C)C. The summed E-state index contributed by atoms with van der Waals surface area (Å²) in [6, 6.07) is 0. The predicted molar refractivity (Wildman–Crippen MR) is 377 cm³/mol. The highest BCUT2D eigenvalue weighted by Crippen LogP contribution is 2.45. The van der Waals surface area contributed by atoms with Gasteiger partial charge < -0.3 is 33.8 Å². The van der Waals surface area contributed by atoms with Gasteiger partial charge in [-0.25, -0.2) is 9.13 Å². The van der Waals surface area contributed by atoms with Crippen molar-refractivity contribution in [2.24, 2.45) is 17.8 Å². The summed E-state index contributed by atoms with van der Waals surface area (Å²) < 4.78 is 68.4. The van der Waals surface area contributed by atoms with Gasteiger partial charge in [0.25, 0.3) is 0 Å². The smallest absolute Gasteiger partial charge is 0.462 e. The molecule has 0 amide bonds. The van der Waals surface area contributed by atoms with Gasteiger partial charge in [0.15, 0.2) is 12.2 Å². The fourth-order valence-corrected chi connectivity index (χ4v) is 12.8. The molecule has 93 heavy (non-hydrogen) atoms. The number of rotatable bonds is 72. The first kappa shape index (κ1) is 91.1. The van der Waals surface area contributed by atoms with Crippen LogP contribution in [-0.4, -0.2) is 96.7 Å². The molecule has 19 heteroatoms. The van der Waals surface area contributed by atoms with Gasteiger partial charge in [0.05, 0.1) is 26.4 Å². The molecule has 17 nitrogen and oxygen atoms in total. The van der Waals surface area contributed by atoms with E-state index in [2.05, 4.69) is 48.5 Å². The fraction of sp³-hybridized carbons (Fsp3) is 0.946. The van der Waals surface area contributed by atoms with Crippen molar-refractivity contribution in [3.05, 3.63) is 0 Å². The third-order valence-electron chi connectivity index (χ3n) is 17.5. The number of carbonyl (C=O) groups excluding carboxylic acids is 4. The first-order valence-electron chi connectivity index (χ1n) is 38.4. The number of unbranched alkanes of at least 4 members (excludes halogenated alkanes) is 39. The van der Waals surface area contributed by atoms with Crippen molar-refractivity contribution in [3.63, 3.8) is 0 Å². The van der Waals surface area contributed by atoms with Crippen LogP contribution in [0.5, 0.6) is 0 Å². The average molecular weight is 1370 g/mol. The highest BCUT2D eigenvalue weighted by molar-refractivity contribution is 7.47. The monoisotopic (exact) mass is 1370 g/mol. The van der Waals surface area contributed by atoms with E-state index in [-0.39, 0.29) is 25.7 Å². The summed E-state index contributed by atoms with van der Waals surface area (Å²) in [6.07, 6.45) is 50.2. The lowest BCUT2D eigenvalue weighted by atomic mass is 9.99. The molecule has 0 aliphatic heterocycles. The molecule has 0 aliphatic rings. The largest absolute Gasteiger partial charge is 0.472 e. The maximum Gasteiger partial charge on any atom is 0.472 e. The van der Waals surface area contributed by atoms with Crippen LogP contribution >= 0.6 is 15.6 Å². The Balaban J connectivity index is 5.22. The van der Waals surface area contributed by atoms with Gasteiger partial charge in [-0.05, 0) is 43.4 Å². The molecule has 0 saturated heterocycles. The summed E-state index contributed by atoms with van der Waals surface area (Å²) in [5.74, 6) is 0.0857. The molecule has 0 bridgehead atoms. The van der Waals surface area contributed by atoms with E-state index in [9.17, 15) is 43.2 Å². The van der Waals surface area contributed by atoms with E-state index in [4.69, 9.17) is 37.0 Å². The molecule has 0 aromatic heterocycles. The van der Waals surface area contributed by atoms with E-state index in [0.717, 1.165) is 102 Å². The Morgan fingerprint density at radius 1 is 0.312 bits per heavy atom. The molecule has 0 saturated carbocycles. The van der Waals surface area contributed by atoms with Gasteiger partial charge in [-0.1, -0.05) is 325 Å². The number of aliphatic hydroxyl groups is 1. The molecular weight excluding hydrogens is 1220 g/mol. The van der Waals surface area contributed by atoms with E-state index < -0.39 is 97.5 Å². The van der Waals surface area contributed by atoms with Crippen molar-refractivity contribution in [1.29, 1.82) is 0 Å². The Labute approximate surface area is 568 Å². The number of phosphoric ester groups is 2. The molecule has 0 rings (SSSR count). The topological polar surface area (TPSA) is 237 Å². The lowest BCUT2D eigenvalue weighted by molar-refractivity contribution is -0.161. The zero-order valence-electron chi connectivity index (χ0n) is 60.7. The average Bonchev–Trinajstić information content (AvgIpc) is 2.26. The first-order valence-corrected chi connectivity index (χ1v) is 41.4. The molecule has 0 fully saturated rings. The summed E-state index contributed by atoms with van der Waals surface area (Å²) in [5.41, 5.74) is 0. The fourth-order valence-electron chi connectivity index (χ4n) is 11.2. The summed E-state index contributed by atoms with van der Waals surface area (Å²) in [5, 5.41) is 10.6. The maximum absolute atomic E-state index is 13.1. The second-order valence-electron chi connectivity index (χ2n) is 27.9. The molecule has 0 heterocycles. The zero-order chi connectivity index (χ0) is 68.7. The molecule has 0 radical (unpaired) electrons. The molecule has 6 atom stereocenters. The number of hydrogen-bond donors (Lipinski definition) is 3. The van der Waals surface area contributed by atoms with Gasteiger partial charge in [-0.3, -0.25) is 37.3 Å². The van der Waals surface area contributed by atoms with Crippen molar-refractivity contribution >= 4 is 39.5 Å². The Morgan fingerprint density at radius 3 is 0.817 bits per heavy atom. The van der Waals surface area contributed by atoms with Crippen LogP contribution in [0.3, 0.4) is 0 Å². The molecule has 0 aromatic rings. The van der Waals surface area contributed by atoms with Crippen LogP contribution in [0.15, 0.2) is 0 Å². The van der Waals surface area contributed by atoms with Crippen molar-refractivity contribution in [2.45, 2.75) is 394 Å². The molecule has 552 valence electrons. The van der Waals surface area contributed by atoms with E-state index in [1.165, 1.54) is 180 Å². The quantitative estimate of drug-likeness (QED) is 0.0222. The standard InChI is InChI=1S/C74H144O17P2/c1-8-10-11-12-13-14-15-16-17-18-19-20-21-22-23-28-35-43-50-57-73(78)90-69(61-84-71(76)55-48-41-34-27-25-24-26-33-40-47-54-67(7)9-2)63-88-92(80,81)86-59-68(75)60-87-93(82,83)89-64-70(91-74(79)58-51-44-37-30-32-39-46-53-66(5)6)62-85-72(77)56-49-42-36-29-31-38-45-52-65(3)4/h65-70,75H,8-64H2,1-7H3,(H,80,81)(H,82,83)/t67?,68-,69-,70-/m1/s1. The Hall–Kier alpha value is -1.94. The predicted octanol–water partition coefficient (Wildman–Crippen LogP) is 21.4. The lowest BCUT2D eigenvalue weighted by Crippen LogP contribution is -2.30. The normalized spacial score (nSPS) is 14.4. The van der Waals surface area contributed by atoms with E-state index >= 15 is 0 Å². The zero-order valence-corrected chi connectivity index (χ0v) is 62.5. The molecule has 3 unspecified atom stereocenters. The van der Waals surface area contributed by atoms with Crippen LogP contribution in [0.4, 0.5) is 0 Å². The summed E-state index contributed by atoms with van der Waals surface area (Å²) in [4.78, 5) is 72.7. The van der Waals surface area contributed by atoms with Gasteiger partial charge in [0.2, 0.25) is 0 Å². The van der Waals surface area contributed by atoms with E-state index in [1.54, 1.807) is 0 Å². The second kappa shape index (κ2) is 64.7. The number of carbonyl (C=O) groups is 4. The van der Waals surface area contributed by atoms with Crippen molar-refractivity contribution in [3.8, 4) is 0 Å². The Bertz CT molecular complexity index is 1820. The number of hydrogen-bond acceptors (Lipinski definition) is 15. The van der Waals surface area contributed by atoms with Gasteiger partial charge in [0.1, 0.15) is 19.3 Å². The first-order chi connectivity index (χ1) is 44.8. The van der Waals surface area contributed by atoms with Gasteiger partial charge in [-0.2, -0.15) is 0 Å². The minimum Gasteiger partial charge on any atom is -0.462 e. The number of aliphatic hydroxyl groups excluding tert-OH is 1. The lowest BCUT2D eigenvalue weighted by Gasteiger charge is -2.21. The van der Waals surface area contributed by atoms with Crippen LogP contribution in [0, 0.1) is 17.8 Å².